The molecule has 1 spiro atoms. The van der Waals surface area contributed by atoms with Crippen LogP contribution in [0.2, 0.25) is 0 Å². The fourth-order valence-electron chi connectivity index (χ4n) is 10.1. The van der Waals surface area contributed by atoms with E-state index in [2.05, 4.69) is 200 Å². The molecule has 2 aliphatic rings. The minimum absolute atomic E-state index is 0.541. The molecule has 11 aromatic rings. The summed E-state index contributed by atoms with van der Waals surface area (Å²) in [5.41, 5.74) is 17.6. The number of hydrogen-bond donors (Lipinski definition) is 0. The zero-order chi connectivity index (χ0) is 41.5. The van der Waals surface area contributed by atoms with Gasteiger partial charge >= 0.3 is 0 Å². The van der Waals surface area contributed by atoms with Gasteiger partial charge in [-0.2, -0.15) is 0 Å². The second-order valence-electron chi connectivity index (χ2n) is 16.4. The van der Waals surface area contributed by atoms with E-state index in [4.69, 9.17) is 19.1 Å². The third kappa shape index (κ3) is 5.41. The highest BCUT2D eigenvalue weighted by molar-refractivity contribution is 6.09. The van der Waals surface area contributed by atoms with E-state index in [0.29, 0.717) is 5.82 Å². The van der Waals surface area contributed by atoms with Crippen molar-refractivity contribution in [3.63, 3.8) is 0 Å². The molecule has 0 N–H and O–H groups in total. The van der Waals surface area contributed by atoms with E-state index >= 15 is 0 Å². The van der Waals surface area contributed by atoms with Crippen molar-refractivity contribution in [2.75, 3.05) is 0 Å². The molecule has 2 aromatic heterocycles. The molecule has 0 unspecified atom stereocenters. The molecule has 1 aliphatic carbocycles. The predicted octanol–water partition coefficient (Wildman–Crippen LogP) is 15.2. The van der Waals surface area contributed by atoms with Gasteiger partial charge in [0.2, 0.25) is 0 Å². The highest BCUT2D eigenvalue weighted by atomic mass is 16.5. The van der Waals surface area contributed by atoms with Gasteiger partial charge in [-0.3, -0.25) is 0 Å². The zero-order valence-electron chi connectivity index (χ0n) is 34.0. The molecule has 3 heterocycles. The van der Waals surface area contributed by atoms with Gasteiger partial charge in [-0.1, -0.05) is 182 Å². The van der Waals surface area contributed by atoms with Gasteiger partial charge in [0.05, 0.1) is 16.8 Å². The van der Waals surface area contributed by atoms with Crippen LogP contribution in [0.5, 0.6) is 11.5 Å². The summed E-state index contributed by atoms with van der Waals surface area (Å²) >= 11 is 0. The van der Waals surface area contributed by atoms with Gasteiger partial charge in [0, 0.05) is 44.2 Å². The Hall–Kier alpha value is -8.34. The van der Waals surface area contributed by atoms with Gasteiger partial charge in [0.15, 0.2) is 5.82 Å². The summed E-state index contributed by atoms with van der Waals surface area (Å²) in [7, 11) is 0. The second-order valence-corrected chi connectivity index (χ2v) is 16.4. The average Bonchev–Trinajstić information content (AvgIpc) is 3.88. The lowest BCUT2D eigenvalue weighted by molar-refractivity contribution is 0.436. The van der Waals surface area contributed by atoms with Crippen molar-refractivity contribution in [3.05, 3.63) is 241 Å². The van der Waals surface area contributed by atoms with Gasteiger partial charge in [-0.15, -0.1) is 0 Å². The fourth-order valence-corrected chi connectivity index (χ4v) is 10.1. The number of benzene rings is 9. The molecule has 0 amide bonds. The topological polar surface area (TPSA) is 48.2 Å². The summed E-state index contributed by atoms with van der Waals surface area (Å²) in [5, 5.41) is 2.24. The summed E-state index contributed by atoms with van der Waals surface area (Å²) in [6.45, 7) is 0. The molecule has 13 rings (SSSR count). The lowest BCUT2D eigenvalue weighted by atomic mass is 9.66. The van der Waals surface area contributed by atoms with Crippen LogP contribution in [0.15, 0.2) is 223 Å². The Bertz CT molecular complexity index is 3560. The number of furan rings is 1. The van der Waals surface area contributed by atoms with Crippen LogP contribution in [0.4, 0.5) is 0 Å². The van der Waals surface area contributed by atoms with Crippen LogP contribution in [0.1, 0.15) is 22.3 Å². The first-order chi connectivity index (χ1) is 31.2. The first-order valence-electron chi connectivity index (χ1n) is 21.4. The van der Waals surface area contributed by atoms with Crippen LogP contribution in [-0.4, -0.2) is 9.97 Å². The number of ether oxygens (including phenoxy) is 1. The number of fused-ring (bicyclic) bond motifs is 12. The number of aromatic nitrogens is 2. The molecule has 9 aromatic carbocycles. The van der Waals surface area contributed by atoms with Crippen molar-refractivity contribution < 1.29 is 9.15 Å². The van der Waals surface area contributed by atoms with E-state index in [1.807, 2.05) is 18.2 Å². The van der Waals surface area contributed by atoms with E-state index in [1.54, 1.807) is 0 Å². The van der Waals surface area contributed by atoms with Crippen LogP contribution in [0.3, 0.4) is 0 Å². The summed E-state index contributed by atoms with van der Waals surface area (Å²) < 4.78 is 13.1. The van der Waals surface area contributed by atoms with E-state index in [9.17, 15) is 0 Å². The van der Waals surface area contributed by atoms with Gasteiger partial charge in [0.1, 0.15) is 22.7 Å². The van der Waals surface area contributed by atoms with Crippen molar-refractivity contribution in [1.29, 1.82) is 0 Å². The SMILES string of the molecule is c1ccc(-c2cc(-c3ccc(-c4cccc5c4oc4ccccc45)cc3)nc(-c3cccc(-c4ccc5c(c4)C4(c6ccccc6O5)c5ccccc5-c5ccccc54)c3)n2)cc1. The molecule has 0 saturated heterocycles. The standard InChI is InChI=1S/C59H36N2O2/c1-2-14-38(15-3-1)52-36-53(39-30-28-37(29-31-39)43-21-13-22-47-46-20-6-10-26-54(46)63-57(43)47)61-58(60-52)42-17-12-16-40(34-42)41-32-33-56-51(35-41)59(50-25-9-11-27-55(50)62-56)48-23-7-4-18-44(48)45-19-5-8-24-49(45)59/h1-36H. The molecule has 63 heavy (non-hydrogen) atoms. The van der Waals surface area contributed by atoms with E-state index in [-0.39, 0.29) is 0 Å². The summed E-state index contributed by atoms with van der Waals surface area (Å²) in [6, 6.07) is 77.1. The van der Waals surface area contributed by atoms with Crippen molar-refractivity contribution in [3.8, 4) is 78.8 Å². The predicted molar refractivity (Wildman–Crippen MR) is 254 cm³/mol. The summed E-state index contributed by atoms with van der Waals surface area (Å²) in [6.07, 6.45) is 0. The maximum absolute atomic E-state index is 6.73. The maximum atomic E-state index is 6.73. The number of hydrogen-bond acceptors (Lipinski definition) is 4. The molecule has 294 valence electrons. The highest BCUT2D eigenvalue weighted by Gasteiger charge is 2.51. The lowest BCUT2D eigenvalue weighted by Crippen LogP contribution is -2.32. The van der Waals surface area contributed by atoms with E-state index in [1.165, 1.54) is 22.3 Å². The van der Waals surface area contributed by atoms with Crippen LogP contribution in [0, 0.1) is 0 Å². The van der Waals surface area contributed by atoms with Gasteiger partial charge in [0.25, 0.3) is 0 Å². The normalized spacial score (nSPS) is 13.0. The van der Waals surface area contributed by atoms with Gasteiger partial charge < -0.3 is 9.15 Å². The van der Waals surface area contributed by atoms with E-state index < -0.39 is 5.41 Å². The largest absolute Gasteiger partial charge is 0.457 e. The molecule has 1 aliphatic heterocycles. The Morgan fingerprint density at radius 2 is 0.873 bits per heavy atom. The number of nitrogens with zero attached hydrogens (tertiary/aromatic N) is 2. The molecule has 0 saturated carbocycles. The molecule has 0 bridgehead atoms. The monoisotopic (exact) mass is 804 g/mol. The minimum Gasteiger partial charge on any atom is -0.457 e. The second kappa shape index (κ2) is 13.8. The maximum Gasteiger partial charge on any atom is 0.160 e. The smallest absolute Gasteiger partial charge is 0.160 e. The molecular weight excluding hydrogens is 769 g/mol. The van der Waals surface area contributed by atoms with Crippen LogP contribution in [0.25, 0.3) is 89.2 Å². The Labute approximate surface area is 364 Å². The molecule has 0 atom stereocenters. The third-order valence-corrected chi connectivity index (χ3v) is 13.0. The van der Waals surface area contributed by atoms with E-state index in [0.717, 1.165) is 94.9 Å². The van der Waals surface area contributed by atoms with Crippen molar-refractivity contribution in [1.82, 2.24) is 9.97 Å². The third-order valence-electron chi connectivity index (χ3n) is 13.0. The minimum atomic E-state index is -0.541. The van der Waals surface area contributed by atoms with Crippen molar-refractivity contribution >= 4 is 21.9 Å². The summed E-state index contributed by atoms with van der Waals surface area (Å²) in [4.78, 5) is 10.5. The van der Waals surface area contributed by atoms with Crippen LogP contribution in [-0.2, 0) is 5.41 Å². The quantitative estimate of drug-likeness (QED) is 0.174. The Morgan fingerprint density at radius 1 is 0.333 bits per heavy atom. The molecular formula is C59H36N2O2. The molecule has 4 heteroatoms. The first-order valence-corrected chi connectivity index (χ1v) is 21.4. The number of para-hydroxylation sites is 3. The van der Waals surface area contributed by atoms with Gasteiger partial charge in [-0.05, 0) is 75.3 Å². The highest BCUT2D eigenvalue weighted by Crippen LogP contribution is 2.62. The zero-order valence-corrected chi connectivity index (χ0v) is 34.0. The number of rotatable bonds is 5. The Kier molecular flexibility index (Phi) is 7.79. The molecule has 0 fully saturated rings. The first kappa shape index (κ1) is 35.4. The van der Waals surface area contributed by atoms with Crippen molar-refractivity contribution in [2.24, 2.45) is 0 Å². The average molecular weight is 805 g/mol. The van der Waals surface area contributed by atoms with Crippen molar-refractivity contribution in [2.45, 2.75) is 5.41 Å². The lowest BCUT2D eigenvalue weighted by Gasteiger charge is -2.39. The van der Waals surface area contributed by atoms with Gasteiger partial charge in [-0.25, -0.2) is 9.97 Å². The summed E-state index contributed by atoms with van der Waals surface area (Å²) in [5.74, 6) is 2.41. The molecule has 4 nitrogen and oxygen atoms in total. The Balaban J connectivity index is 0.925. The van der Waals surface area contributed by atoms with Crippen LogP contribution >= 0.6 is 0 Å². The Morgan fingerprint density at radius 3 is 1.67 bits per heavy atom. The molecule has 0 radical (unpaired) electrons. The van der Waals surface area contributed by atoms with Crippen LogP contribution < -0.4 is 4.74 Å². The fraction of sp³-hybridized carbons (Fsp3) is 0.0169.